The van der Waals surface area contributed by atoms with E-state index < -0.39 is 0 Å². The van der Waals surface area contributed by atoms with E-state index in [1.165, 1.54) is 0 Å². The van der Waals surface area contributed by atoms with Crippen molar-refractivity contribution in [2.45, 2.75) is 32.2 Å². The molecule has 1 unspecified atom stereocenters. The number of rotatable bonds is 5. The van der Waals surface area contributed by atoms with Crippen molar-refractivity contribution in [1.29, 1.82) is 0 Å². The molecule has 4 nitrogen and oxygen atoms in total. The van der Waals surface area contributed by atoms with Gasteiger partial charge in [0, 0.05) is 31.0 Å². The van der Waals surface area contributed by atoms with Crippen molar-refractivity contribution >= 4 is 5.69 Å². The molecule has 0 amide bonds. The van der Waals surface area contributed by atoms with Crippen LogP contribution >= 0.6 is 0 Å². The maximum atomic E-state index is 5.52. The second kappa shape index (κ2) is 7.24. The van der Waals surface area contributed by atoms with E-state index in [0.717, 1.165) is 49.7 Å². The van der Waals surface area contributed by atoms with Crippen LogP contribution < -0.4 is 14.8 Å². The normalized spacial score (nSPS) is 19.6. The van der Waals surface area contributed by atoms with E-state index >= 15 is 0 Å². The van der Waals surface area contributed by atoms with E-state index in [9.17, 15) is 0 Å². The van der Waals surface area contributed by atoms with Gasteiger partial charge in [0.25, 0.3) is 0 Å². The number of benzene rings is 1. The van der Waals surface area contributed by atoms with Crippen LogP contribution in [-0.2, 0) is 4.74 Å². The summed E-state index contributed by atoms with van der Waals surface area (Å²) < 4.78 is 16.4. The first-order chi connectivity index (χ1) is 9.33. The first-order valence-corrected chi connectivity index (χ1v) is 6.98. The Balaban J connectivity index is 2.03. The molecule has 0 aliphatic carbocycles. The summed E-state index contributed by atoms with van der Waals surface area (Å²) in [6.45, 7) is 4.33. The second-order valence-corrected chi connectivity index (χ2v) is 4.68. The Morgan fingerprint density at radius 1 is 1.26 bits per heavy atom. The standard InChI is InChI=1S/C15H23NO3/c1-3-19-14-7-6-13(11-15(14)17-2)16-12-5-4-9-18-10-8-12/h6-7,11-12,16H,3-5,8-10H2,1-2H3. The van der Waals surface area contributed by atoms with Crippen molar-refractivity contribution in [1.82, 2.24) is 0 Å². The first-order valence-electron chi connectivity index (χ1n) is 6.98. The molecule has 1 saturated heterocycles. The molecule has 4 heteroatoms. The van der Waals surface area contributed by atoms with Gasteiger partial charge in [-0.15, -0.1) is 0 Å². The fourth-order valence-corrected chi connectivity index (χ4v) is 2.32. The lowest BCUT2D eigenvalue weighted by Gasteiger charge is -2.18. The fourth-order valence-electron chi connectivity index (χ4n) is 2.32. The monoisotopic (exact) mass is 265 g/mol. The predicted molar refractivity (Wildman–Crippen MR) is 76.2 cm³/mol. The molecule has 1 heterocycles. The third-order valence-electron chi connectivity index (χ3n) is 3.29. The molecule has 0 saturated carbocycles. The van der Waals surface area contributed by atoms with E-state index in [4.69, 9.17) is 14.2 Å². The summed E-state index contributed by atoms with van der Waals surface area (Å²) in [6, 6.07) is 6.47. The van der Waals surface area contributed by atoms with Gasteiger partial charge in [0.15, 0.2) is 11.5 Å². The number of methoxy groups -OCH3 is 1. The van der Waals surface area contributed by atoms with Gasteiger partial charge >= 0.3 is 0 Å². The van der Waals surface area contributed by atoms with Crippen LogP contribution in [0.15, 0.2) is 18.2 Å². The maximum absolute atomic E-state index is 5.52. The summed E-state index contributed by atoms with van der Waals surface area (Å²) in [5.74, 6) is 1.57. The Kier molecular flexibility index (Phi) is 5.33. The lowest BCUT2D eigenvalue weighted by molar-refractivity contribution is 0.144. The minimum atomic E-state index is 0.477. The lowest BCUT2D eigenvalue weighted by Crippen LogP contribution is -2.19. The Bertz CT molecular complexity index is 387. The average Bonchev–Trinajstić information content (AvgIpc) is 2.69. The minimum absolute atomic E-state index is 0.477. The van der Waals surface area contributed by atoms with Crippen molar-refractivity contribution in [3.05, 3.63) is 18.2 Å². The van der Waals surface area contributed by atoms with Crippen LogP contribution in [0.1, 0.15) is 26.2 Å². The Morgan fingerprint density at radius 3 is 2.95 bits per heavy atom. The highest BCUT2D eigenvalue weighted by Crippen LogP contribution is 2.31. The number of nitrogens with one attached hydrogen (secondary N) is 1. The van der Waals surface area contributed by atoms with Gasteiger partial charge in [-0.1, -0.05) is 0 Å². The third-order valence-corrected chi connectivity index (χ3v) is 3.29. The molecule has 1 aromatic rings. The topological polar surface area (TPSA) is 39.7 Å². The van der Waals surface area contributed by atoms with Gasteiger partial charge in [-0.05, 0) is 38.3 Å². The maximum Gasteiger partial charge on any atom is 0.162 e. The summed E-state index contributed by atoms with van der Waals surface area (Å²) in [7, 11) is 1.67. The summed E-state index contributed by atoms with van der Waals surface area (Å²) in [5, 5.41) is 3.55. The molecule has 0 aromatic heterocycles. The van der Waals surface area contributed by atoms with Crippen LogP contribution in [0.3, 0.4) is 0 Å². The predicted octanol–water partition coefficient (Wildman–Crippen LogP) is 3.07. The zero-order valence-electron chi connectivity index (χ0n) is 11.8. The van der Waals surface area contributed by atoms with Gasteiger partial charge in [0.2, 0.25) is 0 Å². The molecule has 1 fully saturated rings. The van der Waals surface area contributed by atoms with Crippen LogP contribution in [0.2, 0.25) is 0 Å². The molecular formula is C15H23NO3. The summed E-state index contributed by atoms with van der Waals surface area (Å²) in [4.78, 5) is 0. The van der Waals surface area contributed by atoms with E-state index in [1.54, 1.807) is 7.11 Å². The molecule has 106 valence electrons. The molecule has 0 radical (unpaired) electrons. The van der Waals surface area contributed by atoms with Crippen molar-refractivity contribution in [2.75, 3.05) is 32.2 Å². The fraction of sp³-hybridized carbons (Fsp3) is 0.600. The summed E-state index contributed by atoms with van der Waals surface area (Å²) in [5.41, 5.74) is 1.08. The van der Waals surface area contributed by atoms with Crippen LogP contribution in [0.25, 0.3) is 0 Å². The molecule has 1 aliphatic heterocycles. The van der Waals surface area contributed by atoms with Gasteiger partial charge < -0.3 is 19.5 Å². The lowest BCUT2D eigenvalue weighted by atomic mass is 10.1. The van der Waals surface area contributed by atoms with Crippen molar-refractivity contribution in [2.24, 2.45) is 0 Å². The SMILES string of the molecule is CCOc1ccc(NC2CCCOCC2)cc1OC. The van der Waals surface area contributed by atoms with Crippen LogP contribution in [0.4, 0.5) is 5.69 Å². The first kappa shape index (κ1) is 14.0. The average molecular weight is 265 g/mol. The molecular weight excluding hydrogens is 242 g/mol. The van der Waals surface area contributed by atoms with Gasteiger partial charge in [-0.3, -0.25) is 0 Å². The number of hydrogen-bond acceptors (Lipinski definition) is 4. The summed E-state index contributed by atoms with van der Waals surface area (Å²) in [6.07, 6.45) is 3.32. The highest BCUT2D eigenvalue weighted by molar-refractivity contribution is 5.55. The summed E-state index contributed by atoms with van der Waals surface area (Å²) >= 11 is 0. The number of hydrogen-bond donors (Lipinski definition) is 1. The molecule has 19 heavy (non-hydrogen) atoms. The number of ether oxygens (including phenoxy) is 3. The van der Waals surface area contributed by atoms with E-state index in [-0.39, 0.29) is 0 Å². The molecule has 0 bridgehead atoms. The Hall–Kier alpha value is -1.42. The third kappa shape index (κ3) is 4.03. The van der Waals surface area contributed by atoms with E-state index in [0.29, 0.717) is 12.6 Å². The van der Waals surface area contributed by atoms with Crippen molar-refractivity contribution in [3.63, 3.8) is 0 Å². The van der Waals surface area contributed by atoms with Gasteiger partial charge in [0.05, 0.1) is 13.7 Å². The zero-order chi connectivity index (χ0) is 13.5. The van der Waals surface area contributed by atoms with Crippen LogP contribution in [0, 0.1) is 0 Å². The van der Waals surface area contributed by atoms with E-state index in [1.807, 2.05) is 25.1 Å². The van der Waals surface area contributed by atoms with Gasteiger partial charge in [0.1, 0.15) is 0 Å². The van der Waals surface area contributed by atoms with Crippen LogP contribution in [0.5, 0.6) is 11.5 Å². The highest BCUT2D eigenvalue weighted by Gasteiger charge is 2.13. The van der Waals surface area contributed by atoms with Crippen molar-refractivity contribution < 1.29 is 14.2 Å². The molecule has 1 aromatic carbocycles. The van der Waals surface area contributed by atoms with Crippen molar-refractivity contribution in [3.8, 4) is 11.5 Å². The smallest absolute Gasteiger partial charge is 0.162 e. The quantitative estimate of drug-likeness (QED) is 0.888. The van der Waals surface area contributed by atoms with Gasteiger partial charge in [-0.25, -0.2) is 0 Å². The molecule has 0 spiro atoms. The Labute approximate surface area is 115 Å². The molecule has 1 aliphatic rings. The van der Waals surface area contributed by atoms with Crippen LogP contribution in [-0.4, -0.2) is 33.0 Å². The second-order valence-electron chi connectivity index (χ2n) is 4.68. The highest BCUT2D eigenvalue weighted by atomic mass is 16.5. The van der Waals surface area contributed by atoms with E-state index in [2.05, 4.69) is 5.32 Å². The number of anilines is 1. The molecule has 2 rings (SSSR count). The molecule has 1 N–H and O–H groups in total. The zero-order valence-corrected chi connectivity index (χ0v) is 11.8. The molecule has 1 atom stereocenters. The van der Waals surface area contributed by atoms with Gasteiger partial charge in [-0.2, -0.15) is 0 Å². The minimum Gasteiger partial charge on any atom is -0.493 e. The largest absolute Gasteiger partial charge is 0.493 e. The Morgan fingerprint density at radius 2 is 2.16 bits per heavy atom.